The van der Waals surface area contributed by atoms with Crippen molar-refractivity contribution in [3.63, 3.8) is 0 Å². The van der Waals surface area contributed by atoms with Gasteiger partial charge in [-0.25, -0.2) is 9.69 Å². The minimum Gasteiger partial charge on any atom is -0.340 e. The summed E-state index contributed by atoms with van der Waals surface area (Å²) in [6.45, 7) is 2.60. The number of fused-ring (bicyclic) bond motifs is 1. The fraction of sp³-hybridized carbons (Fsp3) is 0.0741. The topological polar surface area (TPSA) is 71.4 Å². The Bertz CT molecular complexity index is 1520. The molecule has 1 aliphatic rings. The maximum absolute atomic E-state index is 13.4. The fourth-order valence-electron chi connectivity index (χ4n) is 4.24. The van der Waals surface area contributed by atoms with Gasteiger partial charge in [0.2, 0.25) is 0 Å². The van der Waals surface area contributed by atoms with Crippen LogP contribution in [0.3, 0.4) is 0 Å². The second kappa shape index (κ2) is 9.28. The van der Waals surface area contributed by atoms with Crippen LogP contribution < -0.4 is 10.2 Å². The maximum atomic E-state index is 13.4. The van der Waals surface area contributed by atoms with Crippen molar-refractivity contribution in [1.29, 1.82) is 0 Å². The molecule has 1 fully saturated rings. The SMILES string of the molecule is Cc1c(/C=C2\C(=O)NC(=O)N(c3ccc(Br)cc3)C2=O)c2ccccc2n1Cc1ccc(Br)cc1. The molecule has 3 aromatic carbocycles. The number of benzene rings is 3. The average molecular weight is 593 g/mol. The van der Waals surface area contributed by atoms with E-state index >= 15 is 0 Å². The summed E-state index contributed by atoms with van der Waals surface area (Å²) >= 11 is 6.82. The number of imide groups is 2. The molecule has 8 heteroatoms. The molecule has 5 rings (SSSR count). The van der Waals surface area contributed by atoms with Crippen LogP contribution in [0.4, 0.5) is 10.5 Å². The van der Waals surface area contributed by atoms with Gasteiger partial charge in [-0.2, -0.15) is 0 Å². The molecular weight excluding hydrogens is 574 g/mol. The molecule has 1 saturated heterocycles. The van der Waals surface area contributed by atoms with E-state index in [1.54, 1.807) is 30.3 Å². The number of para-hydroxylation sites is 1. The van der Waals surface area contributed by atoms with E-state index in [4.69, 9.17) is 0 Å². The van der Waals surface area contributed by atoms with E-state index in [1.165, 1.54) is 0 Å². The number of carbonyl (C=O) groups excluding carboxylic acids is 3. The van der Waals surface area contributed by atoms with Crippen molar-refractivity contribution in [3.8, 4) is 0 Å². The molecule has 35 heavy (non-hydrogen) atoms. The highest BCUT2D eigenvalue weighted by atomic mass is 79.9. The number of nitrogens with zero attached hydrogens (tertiary/aromatic N) is 2. The van der Waals surface area contributed by atoms with Crippen molar-refractivity contribution >= 4 is 72.4 Å². The van der Waals surface area contributed by atoms with E-state index in [2.05, 4.69) is 53.9 Å². The van der Waals surface area contributed by atoms with Gasteiger partial charge in [-0.05, 0) is 61.0 Å². The molecule has 0 aliphatic carbocycles. The standard InChI is InChI=1S/C27H19Br2N3O3/c1-16-22(21-4-2-3-5-24(21)31(16)15-17-6-8-18(28)9-7-17)14-23-25(33)30-27(35)32(26(23)34)20-12-10-19(29)11-13-20/h2-14H,15H2,1H3,(H,30,33,35)/b23-14+. The molecule has 2 heterocycles. The Morgan fingerprint density at radius 3 is 2.17 bits per heavy atom. The highest BCUT2D eigenvalue weighted by Crippen LogP contribution is 2.31. The summed E-state index contributed by atoms with van der Waals surface area (Å²) in [7, 11) is 0. The first-order valence-electron chi connectivity index (χ1n) is 10.8. The summed E-state index contributed by atoms with van der Waals surface area (Å²) in [4.78, 5) is 39.6. The minimum absolute atomic E-state index is 0.0952. The molecule has 1 aliphatic heterocycles. The molecule has 0 unspecified atom stereocenters. The van der Waals surface area contributed by atoms with Crippen LogP contribution in [0, 0.1) is 6.92 Å². The van der Waals surface area contributed by atoms with E-state index in [0.29, 0.717) is 12.2 Å². The predicted molar refractivity (Wildman–Crippen MR) is 143 cm³/mol. The molecule has 1 N–H and O–H groups in total. The van der Waals surface area contributed by atoms with Crippen LogP contribution in [-0.2, 0) is 16.1 Å². The number of anilines is 1. The molecule has 0 radical (unpaired) electrons. The van der Waals surface area contributed by atoms with Crippen molar-refractivity contribution in [1.82, 2.24) is 9.88 Å². The van der Waals surface area contributed by atoms with Crippen LogP contribution in [0.15, 0.2) is 87.3 Å². The van der Waals surface area contributed by atoms with E-state index < -0.39 is 17.8 Å². The number of aromatic nitrogens is 1. The van der Waals surface area contributed by atoms with Gasteiger partial charge in [0.15, 0.2) is 0 Å². The number of amides is 4. The van der Waals surface area contributed by atoms with Gasteiger partial charge >= 0.3 is 6.03 Å². The average Bonchev–Trinajstić information content (AvgIpc) is 3.10. The van der Waals surface area contributed by atoms with Crippen LogP contribution in [-0.4, -0.2) is 22.4 Å². The van der Waals surface area contributed by atoms with Crippen LogP contribution in [0.1, 0.15) is 16.8 Å². The van der Waals surface area contributed by atoms with Gasteiger partial charge in [-0.3, -0.25) is 14.9 Å². The number of urea groups is 1. The van der Waals surface area contributed by atoms with Crippen LogP contribution in [0.25, 0.3) is 17.0 Å². The highest BCUT2D eigenvalue weighted by molar-refractivity contribution is 9.10. The number of carbonyl (C=O) groups is 3. The Morgan fingerprint density at radius 1 is 0.857 bits per heavy atom. The summed E-state index contributed by atoms with van der Waals surface area (Å²) in [6, 6.07) is 22.0. The molecule has 4 amide bonds. The van der Waals surface area contributed by atoms with E-state index in [1.807, 2.05) is 43.3 Å². The van der Waals surface area contributed by atoms with Gasteiger partial charge in [0.1, 0.15) is 5.57 Å². The first kappa shape index (κ1) is 23.3. The molecule has 6 nitrogen and oxygen atoms in total. The molecule has 4 aromatic rings. The zero-order chi connectivity index (χ0) is 24.7. The Hall–Kier alpha value is -3.49. The molecule has 0 saturated carbocycles. The number of nitrogens with one attached hydrogen (secondary N) is 1. The number of rotatable bonds is 4. The van der Waals surface area contributed by atoms with Crippen molar-refractivity contribution in [2.45, 2.75) is 13.5 Å². The summed E-state index contributed by atoms with van der Waals surface area (Å²) < 4.78 is 3.98. The summed E-state index contributed by atoms with van der Waals surface area (Å²) in [5.74, 6) is -1.37. The molecule has 174 valence electrons. The minimum atomic E-state index is -0.770. The van der Waals surface area contributed by atoms with Crippen LogP contribution in [0.5, 0.6) is 0 Å². The first-order valence-corrected chi connectivity index (χ1v) is 12.4. The van der Waals surface area contributed by atoms with Crippen molar-refractivity contribution in [2.24, 2.45) is 0 Å². The molecule has 0 spiro atoms. The lowest BCUT2D eigenvalue weighted by atomic mass is 10.0. The molecule has 0 atom stereocenters. The van der Waals surface area contributed by atoms with Crippen molar-refractivity contribution in [2.75, 3.05) is 4.90 Å². The predicted octanol–water partition coefficient (Wildman–Crippen LogP) is 6.19. The third-order valence-electron chi connectivity index (χ3n) is 6.01. The van der Waals surface area contributed by atoms with Crippen molar-refractivity contribution < 1.29 is 14.4 Å². The Morgan fingerprint density at radius 2 is 1.49 bits per heavy atom. The van der Waals surface area contributed by atoms with Gasteiger partial charge in [0, 0.05) is 37.7 Å². The van der Waals surface area contributed by atoms with Gasteiger partial charge < -0.3 is 4.57 Å². The quantitative estimate of drug-likeness (QED) is 0.227. The number of hydrogen-bond donors (Lipinski definition) is 1. The van der Waals surface area contributed by atoms with Gasteiger partial charge in [0.25, 0.3) is 11.8 Å². The highest BCUT2D eigenvalue weighted by Gasteiger charge is 2.37. The first-order chi connectivity index (χ1) is 16.8. The second-order valence-corrected chi connectivity index (χ2v) is 9.99. The lowest BCUT2D eigenvalue weighted by molar-refractivity contribution is -0.122. The third kappa shape index (κ3) is 4.35. The van der Waals surface area contributed by atoms with Gasteiger partial charge in [-0.15, -0.1) is 0 Å². The fourth-order valence-corrected chi connectivity index (χ4v) is 4.77. The number of barbiturate groups is 1. The summed E-state index contributed by atoms with van der Waals surface area (Å²) in [5, 5.41) is 3.22. The summed E-state index contributed by atoms with van der Waals surface area (Å²) in [6.07, 6.45) is 1.59. The largest absolute Gasteiger partial charge is 0.340 e. The van der Waals surface area contributed by atoms with Crippen molar-refractivity contribution in [3.05, 3.63) is 104 Å². The van der Waals surface area contributed by atoms with E-state index in [9.17, 15) is 14.4 Å². The van der Waals surface area contributed by atoms with Gasteiger partial charge in [-0.1, -0.05) is 62.2 Å². The Balaban J connectivity index is 1.60. The smallest absolute Gasteiger partial charge is 0.335 e. The number of halogens is 2. The van der Waals surface area contributed by atoms with E-state index in [0.717, 1.165) is 41.6 Å². The zero-order valence-corrected chi connectivity index (χ0v) is 21.8. The normalized spacial score (nSPS) is 15.2. The monoisotopic (exact) mass is 591 g/mol. The molecule has 0 bridgehead atoms. The lowest BCUT2D eigenvalue weighted by Crippen LogP contribution is -2.54. The Labute approximate surface area is 218 Å². The maximum Gasteiger partial charge on any atom is 0.335 e. The summed E-state index contributed by atoms with van der Waals surface area (Å²) in [5.41, 5.74) is 4.07. The number of hydrogen-bond acceptors (Lipinski definition) is 3. The lowest BCUT2D eigenvalue weighted by Gasteiger charge is -2.26. The Kier molecular flexibility index (Phi) is 6.17. The van der Waals surface area contributed by atoms with Gasteiger partial charge in [0.05, 0.1) is 5.69 Å². The molecule has 1 aromatic heterocycles. The van der Waals surface area contributed by atoms with E-state index in [-0.39, 0.29) is 5.57 Å². The third-order valence-corrected chi connectivity index (χ3v) is 7.07. The zero-order valence-electron chi connectivity index (χ0n) is 18.6. The van der Waals surface area contributed by atoms with Crippen LogP contribution in [0.2, 0.25) is 0 Å². The van der Waals surface area contributed by atoms with Crippen LogP contribution >= 0.6 is 31.9 Å². The molecular formula is C27H19Br2N3O3. The second-order valence-electron chi connectivity index (χ2n) is 8.16.